The van der Waals surface area contributed by atoms with Gasteiger partial charge in [0.05, 0.1) is 34.4 Å². The lowest BCUT2D eigenvalue weighted by atomic mass is 10.1. The lowest BCUT2D eigenvalue weighted by Crippen LogP contribution is -2.40. The summed E-state index contributed by atoms with van der Waals surface area (Å²) in [5.41, 5.74) is 0. The highest BCUT2D eigenvalue weighted by Crippen LogP contribution is 2.15. The highest BCUT2D eigenvalue weighted by atomic mass is 16.7. The standard InChI is InChI=1S/C74H123NO8/c1-6-8-10-12-14-16-18-20-22-24-26-28-30-32-33-34-35-36-37-38-39-41-43-45-47-49-51-53-55-57-59-61-63-65-72(77)83-70(69-82-74(73(78)79)80-67-66-75(3,4)5)68-81-71(76)64-62-60-58-56-54-52-50-48-46-44-42-40-31-29-27-25-23-21-19-17-15-13-11-9-7-2/h8,10,14,16,19-22,25-28,31-33,35-36,38-40,43,45,70,74H,6-7,9,11-13,15,17-18,23-24,29-30,34,37,41-42,44,46-69H2,1-5H3/p+1/b10-8-,16-14-,21-19-,22-20-,27-25-,28-26-,33-32-,36-35-,39-38-,40-31-,45-43-. The Morgan fingerprint density at radius 1 is 0.373 bits per heavy atom. The minimum Gasteiger partial charge on any atom is -0.477 e. The third-order valence-electron chi connectivity index (χ3n) is 13.9. The molecule has 0 fully saturated rings. The molecule has 0 amide bonds. The Bertz CT molecular complexity index is 1820. The van der Waals surface area contributed by atoms with Gasteiger partial charge in [-0.25, -0.2) is 4.79 Å². The lowest BCUT2D eigenvalue weighted by Gasteiger charge is -2.25. The van der Waals surface area contributed by atoms with E-state index in [0.29, 0.717) is 17.4 Å². The highest BCUT2D eigenvalue weighted by molar-refractivity contribution is 5.71. The molecule has 0 saturated heterocycles. The molecule has 0 aromatic rings. The van der Waals surface area contributed by atoms with Gasteiger partial charge >= 0.3 is 17.9 Å². The largest absolute Gasteiger partial charge is 0.477 e. The van der Waals surface area contributed by atoms with E-state index in [4.69, 9.17) is 18.9 Å². The Morgan fingerprint density at radius 3 is 1.02 bits per heavy atom. The average Bonchev–Trinajstić information content (AvgIpc) is 3.46. The van der Waals surface area contributed by atoms with Crippen molar-refractivity contribution in [1.82, 2.24) is 0 Å². The van der Waals surface area contributed by atoms with Gasteiger partial charge in [0.2, 0.25) is 0 Å². The Morgan fingerprint density at radius 2 is 0.687 bits per heavy atom. The SMILES string of the molecule is CC/C=C\C/C=C\C/C=C\C/C=C\C/C=C\C/C=C\C/C=C\C/C=C\CCCCCCCCCCC(=O)OC(COC(=O)CCCCCCCCCCCC/C=C\C/C=C\C/C=C\CCCCCCC)COC(OCC[N+](C)(C)C)C(=O)O. The fourth-order valence-electron chi connectivity index (χ4n) is 8.80. The van der Waals surface area contributed by atoms with Gasteiger partial charge in [-0.3, -0.25) is 9.59 Å². The average molecular weight is 1160 g/mol. The Hall–Kier alpha value is -4.57. The van der Waals surface area contributed by atoms with Crippen LogP contribution in [0.1, 0.15) is 258 Å². The first-order valence-electron chi connectivity index (χ1n) is 33.3. The van der Waals surface area contributed by atoms with E-state index in [1.54, 1.807) is 0 Å². The minimum atomic E-state index is -1.52. The maximum absolute atomic E-state index is 12.9. The number of carboxylic acids is 1. The fourth-order valence-corrected chi connectivity index (χ4v) is 8.80. The molecule has 0 bridgehead atoms. The number of allylic oxidation sites excluding steroid dienone is 22. The van der Waals surface area contributed by atoms with E-state index in [0.717, 1.165) is 109 Å². The van der Waals surface area contributed by atoms with Crippen LogP contribution in [0.25, 0.3) is 0 Å². The molecule has 0 heterocycles. The Labute approximate surface area is 509 Å². The maximum atomic E-state index is 12.9. The van der Waals surface area contributed by atoms with Crippen molar-refractivity contribution in [3.63, 3.8) is 0 Å². The first kappa shape index (κ1) is 78.4. The summed E-state index contributed by atoms with van der Waals surface area (Å²) in [6.45, 7) is 4.74. The van der Waals surface area contributed by atoms with E-state index < -0.39 is 24.3 Å². The Kier molecular flexibility index (Phi) is 60.0. The number of likely N-dealkylation sites (N-methyl/N-ethyl adjacent to an activating group) is 1. The number of unbranched alkanes of at least 4 members (excludes halogenated alkanes) is 23. The van der Waals surface area contributed by atoms with Crippen LogP contribution in [0.3, 0.4) is 0 Å². The molecule has 0 aliphatic rings. The molecule has 0 aromatic carbocycles. The molecular weight excluding hydrogens is 1030 g/mol. The molecule has 0 aliphatic heterocycles. The summed E-state index contributed by atoms with van der Waals surface area (Å²) in [5, 5.41) is 9.74. The second-order valence-corrected chi connectivity index (χ2v) is 23.0. The fraction of sp³-hybridized carbons (Fsp3) is 0.662. The predicted octanol–water partition coefficient (Wildman–Crippen LogP) is 20.6. The van der Waals surface area contributed by atoms with Crippen LogP contribution in [0.15, 0.2) is 134 Å². The van der Waals surface area contributed by atoms with Crippen LogP contribution in [-0.4, -0.2) is 87.4 Å². The predicted molar refractivity (Wildman–Crippen MR) is 354 cm³/mol. The first-order valence-corrected chi connectivity index (χ1v) is 33.3. The van der Waals surface area contributed by atoms with Gasteiger partial charge in [0.1, 0.15) is 13.2 Å². The van der Waals surface area contributed by atoms with Crippen LogP contribution in [0.4, 0.5) is 0 Å². The topological polar surface area (TPSA) is 108 Å². The molecule has 0 rings (SSSR count). The van der Waals surface area contributed by atoms with Gasteiger partial charge in [0.25, 0.3) is 6.29 Å². The zero-order valence-corrected chi connectivity index (χ0v) is 53.8. The summed E-state index contributed by atoms with van der Waals surface area (Å²) >= 11 is 0. The van der Waals surface area contributed by atoms with Gasteiger partial charge in [-0.2, -0.15) is 0 Å². The molecule has 0 aromatic heterocycles. The molecule has 0 saturated carbocycles. The van der Waals surface area contributed by atoms with E-state index in [9.17, 15) is 19.5 Å². The van der Waals surface area contributed by atoms with Gasteiger partial charge in [0, 0.05) is 12.8 Å². The van der Waals surface area contributed by atoms with Crippen molar-refractivity contribution in [2.24, 2.45) is 0 Å². The number of carbonyl (C=O) groups is 3. The van der Waals surface area contributed by atoms with Crippen molar-refractivity contribution in [2.75, 3.05) is 47.5 Å². The van der Waals surface area contributed by atoms with Gasteiger partial charge in [-0.1, -0.05) is 263 Å². The molecule has 472 valence electrons. The molecule has 9 nitrogen and oxygen atoms in total. The van der Waals surface area contributed by atoms with Crippen molar-refractivity contribution in [2.45, 2.75) is 270 Å². The number of carboxylic acid groups (broad SMARTS) is 1. The summed E-state index contributed by atoms with van der Waals surface area (Å²) < 4.78 is 22.9. The van der Waals surface area contributed by atoms with Crippen LogP contribution >= 0.6 is 0 Å². The zero-order valence-electron chi connectivity index (χ0n) is 53.8. The normalized spacial score (nSPS) is 13.6. The van der Waals surface area contributed by atoms with Crippen LogP contribution in [0.2, 0.25) is 0 Å². The molecule has 0 spiro atoms. The molecular formula is C74H124NO8+. The van der Waals surface area contributed by atoms with Crippen LogP contribution in [0, 0.1) is 0 Å². The van der Waals surface area contributed by atoms with Crippen molar-refractivity contribution < 1.29 is 42.9 Å². The minimum absolute atomic E-state index is 0.178. The number of rotatable bonds is 60. The number of carbonyl (C=O) groups excluding carboxylic acids is 2. The summed E-state index contributed by atoms with van der Waals surface area (Å²) in [4.78, 5) is 37.6. The van der Waals surface area contributed by atoms with Crippen molar-refractivity contribution in [3.8, 4) is 0 Å². The van der Waals surface area contributed by atoms with Crippen LogP contribution in [-0.2, 0) is 33.3 Å². The third kappa shape index (κ3) is 64.8. The second kappa shape index (κ2) is 63.5. The molecule has 2 atom stereocenters. The molecule has 0 aliphatic carbocycles. The van der Waals surface area contributed by atoms with E-state index in [2.05, 4.69) is 148 Å². The maximum Gasteiger partial charge on any atom is 0.361 e. The molecule has 2 unspecified atom stereocenters. The number of hydrogen-bond acceptors (Lipinski definition) is 7. The molecule has 1 N–H and O–H groups in total. The van der Waals surface area contributed by atoms with E-state index >= 15 is 0 Å². The number of nitrogens with zero attached hydrogens (tertiary/aromatic N) is 1. The first-order chi connectivity index (χ1) is 40.6. The summed E-state index contributed by atoms with van der Waals surface area (Å²) in [6, 6.07) is 0. The smallest absolute Gasteiger partial charge is 0.361 e. The van der Waals surface area contributed by atoms with Crippen LogP contribution in [0.5, 0.6) is 0 Å². The molecule has 9 heteroatoms. The number of quaternary nitrogens is 1. The molecule has 0 radical (unpaired) electrons. The summed E-state index contributed by atoms with van der Waals surface area (Å²) in [5.74, 6) is -2.03. The quantitative estimate of drug-likeness (QED) is 0.0211. The summed E-state index contributed by atoms with van der Waals surface area (Å²) in [6.07, 6.45) is 88.2. The zero-order chi connectivity index (χ0) is 60.5. The number of hydrogen-bond donors (Lipinski definition) is 1. The lowest BCUT2D eigenvalue weighted by molar-refractivity contribution is -0.870. The van der Waals surface area contributed by atoms with Gasteiger partial charge in [-0.05, 0) is 116 Å². The highest BCUT2D eigenvalue weighted by Gasteiger charge is 2.25. The van der Waals surface area contributed by atoms with Crippen LogP contribution < -0.4 is 0 Å². The summed E-state index contributed by atoms with van der Waals surface area (Å²) in [7, 11) is 5.96. The van der Waals surface area contributed by atoms with Gasteiger partial charge in [-0.15, -0.1) is 0 Å². The third-order valence-corrected chi connectivity index (χ3v) is 13.9. The van der Waals surface area contributed by atoms with Crippen molar-refractivity contribution in [1.29, 1.82) is 0 Å². The number of esters is 2. The second-order valence-electron chi connectivity index (χ2n) is 23.0. The van der Waals surface area contributed by atoms with Crippen molar-refractivity contribution in [3.05, 3.63) is 134 Å². The van der Waals surface area contributed by atoms with Gasteiger partial charge < -0.3 is 28.5 Å². The number of aliphatic carboxylic acids is 1. The van der Waals surface area contributed by atoms with E-state index in [1.807, 2.05) is 21.1 Å². The number of ether oxygens (including phenoxy) is 4. The van der Waals surface area contributed by atoms with Gasteiger partial charge in [0.15, 0.2) is 6.10 Å². The monoisotopic (exact) mass is 1150 g/mol. The Balaban J connectivity index is 4.24. The van der Waals surface area contributed by atoms with E-state index in [1.165, 1.54) is 116 Å². The molecule has 83 heavy (non-hydrogen) atoms. The van der Waals surface area contributed by atoms with Crippen molar-refractivity contribution >= 4 is 17.9 Å². The van der Waals surface area contributed by atoms with E-state index in [-0.39, 0.29) is 38.6 Å².